The molecule has 0 aromatic carbocycles. The van der Waals surface area contributed by atoms with Gasteiger partial charge in [0, 0.05) is 5.57 Å². The molecule has 54 valence electrons. The topological polar surface area (TPSA) is 0 Å². The van der Waals surface area contributed by atoms with E-state index >= 15 is 0 Å². The third kappa shape index (κ3) is 3.97. The summed E-state index contributed by atoms with van der Waals surface area (Å²) in [4.78, 5) is 0. The van der Waals surface area contributed by atoms with E-state index in [2.05, 4.69) is 12.8 Å². The van der Waals surface area contributed by atoms with Crippen molar-refractivity contribution in [3.8, 4) is 12.3 Å². The highest BCUT2D eigenvalue weighted by molar-refractivity contribution is 5.28. The second kappa shape index (κ2) is 6.16. The van der Waals surface area contributed by atoms with Crippen LogP contribution in [0, 0.1) is 12.3 Å². The Morgan fingerprint density at radius 3 is 2.70 bits per heavy atom. The van der Waals surface area contributed by atoms with Gasteiger partial charge >= 0.3 is 0 Å². The normalized spacial score (nSPS) is 11.9. The molecule has 0 aromatic rings. The summed E-state index contributed by atoms with van der Waals surface area (Å²) in [5.74, 6) is 2.65. The van der Waals surface area contributed by atoms with E-state index in [9.17, 15) is 0 Å². The standard InChI is InChI=1S/C10H14/c1-4-7-9-10(6-3)8-5-2/h3-4,7,9H,5,8H2,1-2H3/b7-4-,10-9+. The molecule has 0 atom stereocenters. The van der Waals surface area contributed by atoms with Crippen molar-refractivity contribution < 1.29 is 0 Å². The van der Waals surface area contributed by atoms with E-state index in [1.54, 1.807) is 0 Å². The van der Waals surface area contributed by atoms with Gasteiger partial charge in [0.1, 0.15) is 0 Å². The molecule has 0 bridgehead atoms. The molecule has 0 spiro atoms. The van der Waals surface area contributed by atoms with E-state index in [1.165, 1.54) is 0 Å². The highest BCUT2D eigenvalue weighted by Gasteiger charge is 1.85. The van der Waals surface area contributed by atoms with Gasteiger partial charge in [0.05, 0.1) is 0 Å². The van der Waals surface area contributed by atoms with Crippen LogP contribution in [-0.4, -0.2) is 0 Å². The minimum absolute atomic E-state index is 1.01. The molecule has 0 fully saturated rings. The summed E-state index contributed by atoms with van der Waals surface area (Å²) in [5, 5.41) is 0. The Bertz CT molecular complexity index is 165. The molecule has 0 aliphatic rings. The molecule has 0 aliphatic heterocycles. The molecule has 0 heterocycles. The van der Waals surface area contributed by atoms with Gasteiger partial charge in [0.25, 0.3) is 0 Å². The molecule has 0 aliphatic carbocycles. The number of terminal acetylenes is 1. The maximum atomic E-state index is 5.25. The molecule has 0 saturated heterocycles. The van der Waals surface area contributed by atoms with Crippen LogP contribution in [0.15, 0.2) is 23.8 Å². The molecular formula is C10H14. The zero-order valence-electron chi connectivity index (χ0n) is 6.72. The summed E-state index contributed by atoms with van der Waals surface area (Å²) in [6.07, 6.45) is 13.3. The fourth-order valence-corrected chi connectivity index (χ4v) is 0.685. The zero-order valence-corrected chi connectivity index (χ0v) is 6.72. The quantitative estimate of drug-likeness (QED) is 0.411. The Labute approximate surface area is 63.6 Å². The van der Waals surface area contributed by atoms with Crippen molar-refractivity contribution in [2.45, 2.75) is 26.7 Å². The van der Waals surface area contributed by atoms with Gasteiger partial charge in [-0.3, -0.25) is 0 Å². The van der Waals surface area contributed by atoms with Gasteiger partial charge in [-0.25, -0.2) is 0 Å². The van der Waals surface area contributed by atoms with Crippen molar-refractivity contribution in [1.82, 2.24) is 0 Å². The third-order valence-electron chi connectivity index (χ3n) is 1.19. The average molecular weight is 134 g/mol. The van der Waals surface area contributed by atoms with Crippen LogP contribution in [0.3, 0.4) is 0 Å². The Morgan fingerprint density at radius 1 is 1.60 bits per heavy atom. The third-order valence-corrected chi connectivity index (χ3v) is 1.19. The van der Waals surface area contributed by atoms with Crippen LogP contribution in [0.1, 0.15) is 26.7 Å². The van der Waals surface area contributed by atoms with Gasteiger partial charge < -0.3 is 0 Å². The lowest BCUT2D eigenvalue weighted by Gasteiger charge is -1.91. The summed E-state index contributed by atoms with van der Waals surface area (Å²) in [6, 6.07) is 0. The monoisotopic (exact) mass is 134 g/mol. The van der Waals surface area contributed by atoms with Gasteiger partial charge in [-0.2, -0.15) is 0 Å². The highest BCUT2D eigenvalue weighted by Crippen LogP contribution is 2.02. The molecule has 0 amide bonds. The Kier molecular flexibility index (Phi) is 5.57. The largest absolute Gasteiger partial charge is 0.115 e. The summed E-state index contributed by atoms with van der Waals surface area (Å²) in [5.41, 5.74) is 1.08. The summed E-state index contributed by atoms with van der Waals surface area (Å²) in [7, 11) is 0. The van der Waals surface area contributed by atoms with Gasteiger partial charge in [-0.15, -0.1) is 6.42 Å². The van der Waals surface area contributed by atoms with Crippen molar-refractivity contribution in [2.75, 3.05) is 0 Å². The van der Waals surface area contributed by atoms with Gasteiger partial charge in [0.2, 0.25) is 0 Å². The molecule has 0 rings (SSSR count). The predicted molar refractivity (Wildman–Crippen MR) is 46.6 cm³/mol. The summed E-state index contributed by atoms with van der Waals surface area (Å²) in [6.45, 7) is 4.11. The summed E-state index contributed by atoms with van der Waals surface area (Å²) < 4.78 is 0. The molecule has 10 heavy (non-hydrogen) atoms. The predicted octanol–water partition coefficient (Wildman–Crippen LogP) is 2.92. The first kappa shape index (κ1) is 9.04. The van der Waals surface area contributed by atoms with Crippen molar-refractivity contribution in [3.05, 3.63) is 23.8 Å². The Morgan fingerprint density at radius 2 is 2.30 bits per heavy atom. The van der Waals surface area contributed by atoms with Gasteiger partial charge in [-0.05, 0) is 13.3 Å². The van der Waals surface area contributed by atoms with Crippen LogP contribution in [0.25, 0.3) is 0 Å². The number of hydrogen-bond acceptors (Lipinski definition) is 0. The minimum atomic E-state index is 1.01. The summed E-state index contributed by atoms with van der Waals surface area (Å²) >= 11 is 0. The van der Waals surface area contributed by atoms with Crippen LogP contribution in [0.2, 0.25) is 0 Å². The van der Waals surface area contributed by atoms with Crippen LogP contribution in [0.4, 0.5) is 0 Å². The maximum Gasteiger partial charge on any atom is 0.00173 e. The fraction of sp³-hybridized carbons (Fsp3) is 0.400. The lowest BCUT2D eigenvalue weighted by Crippen LogP contribution is -1.75. The number of rotatable bonds is 3. The van der Waals surface area contributed by atoms with E-state index in [4.69, 9.17) is 6.42 Å². The first-order valence-corrected chi connectivity index (χ1v) is 3.63. The molecule has 0 saturated carbocycles. The average Bonchev–Trinajstić information content (AvgIpc) is 1.98. The van der Waals surface area contributed by atoms with Crippen molar-refractivity contribution in [1.29, 1.82) is 0 Å². The van der Waals surface area contributed by atoms with Crippen molar-refractivity contribution >= 4 is 0 Å². The van der Waals surface area contributed by atoms with Crippen molar-refractivity contribution in [3.63, 3.8) is 0 Å². The van der Waals surface area contributed by atoms with Gasteiger partial charge in [-0.1, -0.05) is 37.5 Å². The Balaban J connectivity index is 3.94. The lowest BCUT2D eigenvalue weighted by molar-refractivity contribution is 0.933. The Hall–Kier alpha value is -0.960. The molecule has 0 aromatic heterocycles. The minimum Gasteiger partial charge on any atom is -0.115 e. The molecule has 0 unspecified atom stereocenters. The fourth-order valence-electron chi connectivity index (χ4n) is 0.685. The van der Waals surface area contributed by atoms with E-state index in [0.29, 0.717) is 0 Å². The SMILES string of the molecule is C#C/C(=C\C=C/C)CCC. The number of hydrogen-bond donors (Lipinski definition) is 0. The van der Waals surface area contributed by atoms with Crippen LogP contribution < -0.4 is 0 Å². The molecule has 0 nitrogen and oxygen atoms in total. The molecule has 0 N–H and O–H groups in total. The van der Waals surface area contributed by atoms with E-state index in [-0.39, 0.29) is 0 Å². The van der Waals surface area contributed by atoms with Crippen LogP contribution in [-0.2, 0) is 0 Å². The van der Waals surface area contributed by atoms with E-state index in [0.717, 1.165) is 18.4 Å². The van der Waals surface area contributed by atoms with Crippen molar-refractivity contribution in [2.24, 2.45) is 0 Å². The van der Waals surface area contributed by atoms with Gasteiger partial charge in [0.15, 0.2) is 0 Å². The zero-order chi connectivity index (χ0) is 7.82. The maximum absolute atomic E-state index is 5.25. The highest BCUT2D eigenvalue weighted by atomic mass is 13.9. The molecule has 0 radical (unpaired) electrons. The molecule has 0 heteroatoms. The van der Waals surface area contributed by atoms with Crippen LogP contribution >= 0.6 is 0 Å². The lowest BCUT2D eigenvalue weighted by atomic mass is 10.1. The van der Waals surface area contributed by atoms with Crippen LogP contribution in [0.5, 0.6) is 0 Å². The second-order valence-corrected chi connectivity index (χ2v) is 2.11. The smallest absolute Gasteiger partial charge is 0.00173 e. The number of allylic oxidation sites excluding steroid dienone is 4. The molecular weight excluding hydrogens is 120 g/mol. The first-order chi connectivity index (χ1) is 4.85. The van der Waals surface area contributed by atoms with E-state index < -0.39 is 0 Å². The second-order valence-electron chi connectivity index (χ2n) is 2.11. The first-order valence-electron chi connectivity index (χ1n) is 3.63. The van der Waals surface area contributed by atoms with E-state index in [1.807, 2.05) is 25.2 Å².